The molecule has 1 heterocycles. The highest BCUT2D eigenvalue weighted by molar-refractivity contribution is 5.92. The van der Waals surface area contributed by atoms with Crippen LogP contribution >= 0.6 is 0 Å². The number of carbonyl (C=O) groups is 3. The summed E-state index contributed by atoms with van der Waals surface area (Å²) in [6, 6.07) is 7.81. The van der Waals surface area contributed by atoms with Gasteiger partial charge in [-0.15, -0.1) is 0 Å². The lowest BCUT2D eigenvalue weighted by Gasteiger charge is -2.20. The third kappa shape index (κ3) is 3.79. The number of hydrogen-bond donors (Lipinski definition) is 1. The molecule has 1 aliphatic rings. The first-order valence-corrected chi connectivity index (χ1v) is 6.26. The van der Waals surface area contributed by atoms with E-state index in [1.165, 1.54) is 0 Å². The van der Waals surface area contributed by atoms with Crippen LogP contribution in [0.2, 0.25) is 0 Å². The Morgan fingerprint density at radius 2 is 2.19 bits per heavy atom. The molecule has 1 aliphatic heterocycles. The first-order valence-electron chi connectivity index (χ1n) is 6.26. The van der Waals surface area contributed by atoms with E-state index in [2.05, 4.69) is 10.1 Å². The van der Waals surface area contributed by atoms with E-state index in [0.717, 1.165) is 0 Å². The van der Waals surface area contributed by atoms with E-state index in [9.17, 15) is 14.4 Å². The van der Waals surface area contributed by atoms with Crippen LogP contribution in [-0.2, 0) is 25.7 Å². The number of rotatable bonds is 3. The van der Waals surface area contributed by atoms with Gasteiger partial charge < -0.3 is 14.8 Å². The molecule has 108 valence electrons. The molecule has 0 bridgehead atoms. The van der Waals surface area contributed by atoms with E-state index < -0.39 is 24.1 Å². The number of esters is 2. The number of nitrogens with zero attached hydrogens (tertiary/aromatic N) is 1. The van der Waals surface area contributed by atoms with Gasteiger partial charge in [0, 0.05) is 12.0 Å². The number of carbonyl (C=O) groups excluding carboxylic acids is 3. The molecule has 1 atom stereocenters. The van der Waals surface area contributed by atoms with Gasteiger partial charge in [0.1, 0.15) is 12.6 Å². The molecule has 2 rings (SSSR count). The molecule has 1 N–H and O–H groups in total. The number of cyclic esters (lactones) is 2. The molecule has 0 saturated carbocycles. The fourth-order valence-corrected chi connectivity index (χ4v) is 1.83. The number of hydrogen-bond acceptors (Lipinski definition) is 6. The first kappa shape index (κ1) is 14.5. The Hall–Kier alpha value is -2.88. The normalized spacial score (nSPS) is 17.6. The number of alkyl carbamates (subject to hydrolysis) is 1. The van der Waals surface area contributed by atoms with Crippen molar-refractivity contribution in [2.75, 3.05) is 0 Å². The SMILES string of the molecule is N#Cc1ccccc1COC(=O)N[C@H]1CCC(=O)OC1=O. The maximum Gasteiger partial charge on any atom is 0.408 e. The molecule has 0 aromatic heterocycles. The van der Waals surface area contributed by atoms with Gasteiger partial charge in [0.15, 0.2) is 0 Å². The van der Waals surface area contributed by atoms with Crippen molar-refractivity contribution in [3.05, 3.63) is 35.4 Å². The number of benzene rings is 1. The number of ether oxygens (including phenoxy) is 2. The fraction of sp³-hybridized carbons (Fsp3) is 0.286. The van der Waals surface area contributed by atoms with Crippen LogP contribution in [0.25, 0.3) is 0 Å². The Labute approximate surface area is 120 Å². The third-order valence-corrected chi connectivity index (χ3v) is 2.92. The second-order valence-electron chi connectivity index (χ2n) is 4.37. The molecular formula is C14H12N2O5. The molecule has 1 fully saturated rings. The van der Waals surface area contributed by atoms with Crippen molar-refractivity contribution in [2.24, 2.45) is 0 Å². The van der Waals surface area contributed by atoms with E-state index >= 15 is 0 Å². The second-order valence-corrected chi connectivity index (χ2v) is 4.37. The molecule has 1 amide bonds. The molecule has 0 aliphatic carbocycles. The second kappa shape index (κ2) is 6.52. The Morgan fingerprint density at radius 3 is 2.90 bits per heavy atom. The fourth-order valence-electron chi connectivity index (χ4n) is 1.83. The minimum absolute atomic E-state index is 0.0634. The Bertz CT molecular complexity index is 620. The number of amides is 1. The molecule has 1 saturated heterocycles. The quantitative estimate of drug-likeness (QED) is 0.657. The minimum atomic E-state index is -0.888. The molecule has 0 radical (unpaired) electrons. The number of nitriles is 1. The van der Waals surface area contributed by atoms with E-state index in [4.69, 9.17) is 10.00 Å². The maximum atomic E-state index is 11.6. The van der Waals surface area contributed by atoms with Crippen LogP contribution in [0.1, 0.15) is 24.0 Å². The Kier molecular flexibility index (Phi) is 4.51. The smallest absolute Gasteiger partial charge is 0.408 e. The lowest BCUT2D eigenvalue weighted by molar-refractivity contribution is -0.165. The first-order chi connectivity index (χ1) is 10.1. The molecule has 1 aromatic carbocycles. The monoisotopic (exact) mass is 288 g/mol. The van der Waals surface area contributed by atoms with Crippen LogP contribution in [-0.4, -0.2) is 24.1 Å². The van der Waals surface area contributed by atoms with Crippen LogP contribution in [0.3, 0.4) is 0 Å². The lowest BCUT2D eigenvalue weighted by Crippen LogP contribution is -2.45. The van der Waals surface area contributed by atoms with Crippen LogP contribution in [0.5, 0.6) is 0 Å². The summed E-state index contributed by atoms with van der Waals surface area (Å²) in [4.78, 5) is 33.8. The zero-order valence-electron chi connectivity index (χ0n) is 11.0. The summed E-state index contributed by atoms with van der Waals surface area (Å²) in [6.45, 7) is -0.0870. The highest BCUT2D eigenvalue weighted by Gasteiger charge is 2.30. The lowest BCUT2D eigenvalue weighted by atomic mass is 10.1. The van der Waals surface area contributed by atoms with Crippen LogP contribution in [0, 0.1) is 11.3 Å². The van der Waals surface area contributed by atoms with Crippen molar-refractivity contribution in [1.82, 2.24) is 5.32 Å². The average Bonchev–Trinajstić information content (AvgIpc) is 2.48. The van der Waals surface area contributed by atoms with Gasteiger partial charge in [0.2, 0.25) is 0 Å². The van der Waals surface area contributed by atoms with Crippen molar-refractivity contribution >= 4 is 18.0 Å². The van der Waals surface area contributed by atoms with Gasteiger partial charge >= 0.3 is 18.0 Å². The topological polar surface area (TPSA) is 105 Å². The van der Waals surface area contributed by atoms with Crippen molar-refractivity contribution in [3.63, 3.8) is 0 Å². The molecule has 0 unspecified atom stereocenters. The summed E-state index contributed by atoms with van der Waals surface area (Å²) in [6.07, 6.45) is -0.561. The molecule has 21 heavy (non-hydrogen) atoms. The summed E-state index contributed by atoms with van der Waals surface area (Å²) in [7, 11) is 0. The number of nitrogens with one attached hydrogen (secondary N) is 1. The van der Waals surface area contributed by atoms with Crippen molar-refractivity contribution < 1.29 is 23.9 Å². The predicted molar refractivity (Wildman–Crippen MR) is 68.6 cm³/mol. The van der Waals surface area contributed by atoms with Gasteiger partial charge in [-0.05, 0) is 12.5 Å². The maximum absolute atomic E-state index is 11.6. The molecular weight excluding hydrogens is 276 g/mol. The summed E-state index contributed by atoms with van der Waals surface area (Å²) in [5.74, 6) is -1.39. The van der Waals surface area contributed by atoms with Gasteiger partial charge in [0.05, 0.1) is 11.6 Å². The van der Waals surface area contributed by atoms with Crippen molar-refractivity contribution in [2.45, 2.75) is 25.5 Å². The van der Waals surface area contributed by atoms with Crippen LogP contribution in [0.15, 0.2) is 24.3 Å². The van der Waals surface area contributed by atoms with Gasteiger partial charge in [-0.1, -0.05) is 18.2 Å². The highest BCUT2D eigenvalue weighted by atomic mass is 16.6. The Morgan fingerprint density at radius 1 is 1.43 bits per heavy atom. The van der Waals surface area contributed by atoms with Crippen molar-refractivity contribution in [3.8, 4) is 6.07 Å². The summed E-state index contributed by atoms with van der Waals surface area (Å²) in [5.41, 5.74) is 0.976. The van der Waals surface area contributed by atoms with Gasteiger partial charge in [-0.2, -0.15) is 5.26 Å². The van der Waals surface area contributed by atoms with Crippen LogP contribution < -0.4 is 5.32 Å². The van der Waals surface area contributed by atoms with E-state index in [-0.39, 0.29) is 19.4 Å². The minimum Gasteiger partial charge on any atom is -0.445 e. The molecule has 7 nitrogen and oxygen atoms in total. The zero-order chi connectivity index (χ0) is 15.2. The van der Waals surface area contributed by atoms with Gasteiger partial charge in [-0.25, -0.2) is 9.59 Å². The molecule has 7 heteroatoms. The van der Waals surface area contributed by atoms with E-state index in [1.54, 1.807) is 24.3 Å². The van der Waals surface area contributed by atoms with Crippen molar-refractivity contribution in [1.29, 1.82) is 5.26 Å². The highest BCUT2D eigenvalue weighted by Crippen LogP contribution is 2.11. The Balaban J connectivity index is 1.87. The van der Waals surface area contributed by atoms with Gasteiger partial charge in [-0.3, -0.25) is 4.79 Å². The largest absolute Gasteiger partial charge is 0.445 e. The third-order valence-electron chi connectivity index (χ3n) is 2.92. The summed E-state index contributed by atoms with van der Waals surface area (Å²) < 4.78 is 9.36. The molecule has 1 aromatic rings. The molecule has 0 spiro atoms. The standard InChI is InChI=1S/C14H12N2O5/c15-7-9-3-1-2-4-10(9)8-20-14(19)16-11-5-6-12(17)21-13(11)18/h1-4,11H,5-6,8H2,(H,16,19)/t11-/m0/s1. The summed E-state index contributed by atoms with van der Waals surface area (Å²) >= 11 is 0. The predicted octanol–water partition coefficient (Wildman–Crippen LogP) is 1.02. The van der Waals surface area contributed by atoms with Crippen LogP contribution in [0.4, 0.5) is 4.79 Å². The van der Waals surface area contributed by atoms with Gasteiger partial charge in [0.25, 0.3) is 0 Å². The zero-order valence-corrected chi connectivity index (χ0v) is 11.0. The average molecular weight is 288 g/mol. The van der Waals surface area contributed by atoms with E-state index in [1.807, 2.05) is 6.07 Å². The van der Waals surface area contributed by atoms with E-state index in [0.29, 0.717) is 11.1 Å². The summed E-state index contributed by atoms with van der Waals surface area (Å²) in [5, 5.41) is 11.2.